The van der Waals surface area contributed by atoms with Gasteiger partial charge in [-0.1, -0.05) is 42.5 Å². The first-order chi connectivity index (χ1) is 9.75. The van der Waals surface area contributed by atoms with E-state index >= 15 is 0 Å². The summed E-state index contributed by atoms with van der Waals surface area (Å²) in [5.41, 5.74) is 1.36. The van der Waals surface area contributed by atoms with Gasteiger partial charge in [0.05, 0.1) is 0 Å². The minimum absolute atomic E-state index is 0.329. The second kappa shape index (κ2) is 6.08. The second-order valence-corrected chi connectivity index (χ2v) is 6.72. The van der Waals surface area contributed by atoms with Gasteiger partial charge in [0.15, 0.2) is 0 Å². The quantitative estimate of drug-likeness (QED) is 0.656. The predicted octanol–water partition coefficient (Wildman–Crippen LogP) is 5.51. The Morgan fingerprint density at radius 2 is 1.90 bits per heavy atom. The summed E-state index contributed by atoms with van der Waals surface area (Å²) in [5, 5.41) is 8.36. The van der Waals surface area contributed by atoms with E-state index in [9.17, 15) is 0 Å². The zero-order chi connectivity index (χ0) is 13.9. The van der Waals surface area contributed by atoms with E-state index < -0.39 is 0 Å². The minimum Gasteiger partial charge on any atom is -0.305 e. The Balaban J connectivity index is 1.82. The highest BCUT2D eigenvalue weighted by molar-refractivity contribution is 9.10. The Labute approximate surface area is 131 Å². The topological polar surface area (TPSA) is 12.0 Å². The molecule has 1 unspecified atom stereocenters. The summed E-state index contributed by atoms with van der Waals surface area (Å²) < 4.78 is 1.19. The molecular weight excluding hydrogens is 330 g/mol. The highest BCUT2D eigenvalue weighted by atomic mass is 79.9. The Kier molecular flexibility index (Phi) is 4.20. The SMILES string of the molecule is CC(NCc1sccc1Br)c1cccc2ccccc12. The smallest absolute Gasteiger partial charge is 0.0327 e. The molecule has 20 heavy (non-hydrogen) atoms. The van der Waals surface area contributed by atoms with Crippen molar-refractivity contribution in [2.24, 2.45) is 0 Å². The van der Waals surface area contributed by atoms with Crippen LogP contribution >= 0.6 is 27.3 Å². The molecule has 0 aliphatic heterocycles. The van der Waals surface area contributed by atoms with E-state index in [0.717, 1.165) is 6.54 Å². The van der Waals surface area contributed by atoms with Crippen molar-refractivity contribution < 1.29 is 0 Å². The molecule has 0 aliphatic rings. The van der Waals surface area contributed by atoms with E-state index in [4.69, 9.17) is 0 Å². The van der Waals surface area contributed by atoms with Crippen molar-refractivity contribution in [1.82, 2.24) is 5.32 Å². The fourth-order valence-electron chi connectivity index (χ4n) is 2.44. The van der Waals surface area contributed by atoms with Crippen LogP contribution in [0.5, 0.6) is 0 Å². The molecule has 0 radical (unpaired) electrons. The summed E-state index contributed by atoms with van der Waals surface area (Å²) in [6.07, 6.45) is 0. The molecule has 1 nitrogen and oxygen atoms in total. The van der Waals surface area contributed by atoms with Crippen molar-refractivity contribution in [1.29, 1.82) is 0 Å². The molecule has 1 heterocycles. The van der Waals surface area contributed by atoms with Crippen LogP contribution in [-0.2, 0) is 6.54 Å². The standard InChI is InChI=1S/C17H16BrNS/c1-12(19-11-17-16(18)9-10-20-17)14-8-4-6-13-5-2-3-7-15(13)14/h2-10,12,19H,11H2,1H3. The molecule has 1 N–H and O–H groups in total. The highest BCUT2D eigenvalue weighted by Crippen LogP contribution is 2.26. The number of nitrogens with one attached hydrogen (secondary N) is 1. The van der Waals surface area contributed by atoms with Crippen LogP contribution in [0.4, 0.5) is 0 Å². The lowest BCUT2D eigenvalue weighted by Crippen LogP contribution is -2.17. The summed E-state index contributed by atoms with van der Waals surface area (Å²) in [7, 11) is 0. The Hall–Kier alpha value is -1.16. The van der Waals surface area contributed by atoms with E-state index in [2.05, 4.69) is 82.1 Å². The minimum atomic E-state index is 0.329. The number of benzene rings is 2. The van der Waals surface area contributed by atoms with Crippen molar-refractivity contribution >= 4 is 38.0 Å². The monoisotopic (exact) mass is 345 g/mol. The number of rotatable bonds is 4. The van der Waals surface area contributed by atoms with Gasteiger partial charge in [0.25, 0.3) is 0 Å². The van der Waals surface area contributed by atoms with Crippen LogP contribution in [-0.4, -0.2) is 0 Å². The fourth-order valence-corrected chi connectivity index (χ4v) is 3.88. The van der Waals surface area contributed by atoms with E-state index in [1.165, 1.54) is 25.7 Å². The van der Waals surface area contributed by atoms with Gasteiger partial charge < -0.3 is 5.32 Å². The van der Waals surface area contributed by atoms with Gasteiger partial charge >= 0.3 is 0 Å². The van der Waals surface area contributed by atoms with Crippen molar-refractivity contribution in [3.8, 4) is 0 Å². The van der Waals surface area contributed by atoms with Gasteiger partial charge in [-0.3, -0.25) is 0 Å². The molecule has 3 aromatic rings. The van der Waals surface area contributed by atoms with Crippen LogP contribution < -0.4 is 5.32 Å². The van der Waals surface area contributed by atoms with Gasteiger partial charge in [-0.05, 0) is 50.6 Å². The fraction of sp³-hybridized carbons (Fsp3) is 0.176. The molecule has 0 bridgehead atoms. The highest BCUT2D eigenvalue weighted by Gasteiger charge is 2.09. The molecule has 0 amide bonds. The average Bonchev–Trinajstić information content (AvgIpc) is 2.89. The lowest BCUT2D eigenvalue weighted by atomic mass is 10.00. The van der Waals surface area contributed by atoms with Crippen molar-refractivity contribution in [3.63, 3.8) is 0 Å². The Morgan fingerprint density at radius 3 is 2.70 bits per heavy atom. The largest absolute Gasteiger partial charge is 0.305 e. The Bertz CT molecular complexity index is 714. The van der Waals surface area contributed by atoms with Gasteiger partial charge in [0.2, 0.25) is 0 Å². The third-order valence-corrected chi connectivity index (χ3v) is 5.48. The lowest BCUT2D eigenvalue weighted by Gasteiger charge is -2.16. The molecule has 1 atom stereocenters. The molecule has 2 aromatic carbocycles. The number of thiophene rings is 1. The van der Waals surface area contributed by atoms with E-state index in [1.54, 1.807) is 11.3 Å². The Morgan fingerprint density at radius 1 is 1.10 bits per heavy atom. The van der Waals surface area contributed by atoms with Crippen LogP contribution in [0.2, 0.25) is 0 Å². The third kappa shape index (κ3) is 2.80. The normalized spacial score (nSPS) is 12.7. The lowest BCUT2D eigenvalue weighted by molar-refractivity contribution is 0.581. The maximum atomic E-state index is 3.61. The summed E-state index contributed by atoms with van der Waals surface area (Å²) in [6, 6.07) is 17.5. The zero-order valence-electron chi connectivity index (χ0n) is 11.3. The summed E-state index contributed by atoms with van der Waals surface area (Å²) >= 11 is 5.36. The second-order valence-electron chi connectivity index (χ2n) is 4.86. The first kappa shape index (κ1) is 13.8. The first-order valence-corrected chi connectivity index (χ1v) is 8.36. The molecule has 3 rings (SSSR count). The van der Waals surface area contributed by atoms with Crippen LogP contribution in [0.15, 0.2) is 58.4 Å². The zero-order valence-corrected chi connectivity index (χ0v) is 13.7. The van der Waals surface area contributed by atoms with Crippen LogP contribution in [0, 0.1) is 0 Å². The number of fused-ring (bicyclic) bond motifs is 1. The summed E-state index contributed by atoms with van der Waals surface area (Å²) in [5.74, 6) is 0. The average molecular weight is 346 g/mol. The number of halogens is 1. The molecular formula is C17H16BrNS. The van der Waals surface area contributed by atoms with Gasteiger partial charge in [0, 0.05) is 21.9 Å². The summed E-state index contributed by atoms with van der Waals surface area (Å²) in [6.45, 7) is 3.12. The molecule has 3 heteroatoms. The predicted molar refractivity (Wildman–Crippen MR) is 91.2 cm³/mol. The molecule has 102 valence electrons. The van der Waals surface area contributed by atoms with Crippen molar-refractivity contribution in [3.05, 3.63) is 68.8 Å². The maximum Gasteiger partial charge on any atom is 0.0327 e. The number of hydrogen-bond acceptors (Lipinski definition) is 2. The van der Waals surface area contributed by atoms with E-state index in [1.807, 2.05) is 0 Å². The third-order valence-electron chi connectivity index (χ3n) is 3.55. The molecule has 0 spiro atoms. The van der Waals surface area contributed by atoms with Crippen molar-refractivity contribution in [2.45, 2.75) is 19.5 Å². The molecule has 0 saturated carbocycles. The first-order valence-electron chi connectivity index (χ1n) is 6.68. The molecule has 1 aromatic heterocycles. The number of hydrogen-bond donors (Lipinski definition) is 1. The van der Waals surface area contributed by atoms with E-state index in [0.29, 0.717) is 6.04 Å². The van der Waals surface area contributed by atoms with E-state index in [-0.39, 0.29) is 0 Å². The van der Waals surface area contributed by atoms with Gasteiger partial charge in [-0.2, -0.15) is 0 Å². The van der Waals surface area contributed by atoms with Gasteiger partial charge in [0.1, 0.15) is 0 Å². The van der Waals surface area contributed by atoms with Crippen molar-refractivity contribution in [2.75, 3.05) is 0 Å². The molecule has 0 aliphatic carbocycles. The van der Waals surface area contributed by atoms with Gasteiger partial charge in [-0.15, -0.1) is 11.3 Å². The van der Waals surface area contributed by atoms with Crippen LogP contribution in [0.1, 0.15) is 23.4 Å². The van der Waals surface area contributed by atoms with Crippen LogP contribution in [0.3, 0.4) is 0 Å². The molecule has 0 saturated heterocycles. The maximum absolute atomic E-state index is 3.61. The van der Waals surface area contributed by atoms with Crippen LogP contribution in [0.25, 0.3) is 10.8 Å². The summed E-state index contributed by atoms with van der Waals surface area (Å²) in [4.78, 5) is 1.34. The molecule has 0 fully saturated rings. The van der Waals surface area contributed by atoms with Gasteiger partial charge in [-0.25, -0.2) is 0 Å².